The summed E-state index contributed by atoms with van der Waals surface area (Å²) in [5.74, 6) is -0.656. The minimum Gasteiger partial charge on any atom is -0.396 e. The van der Waals surface area contributed by atoms with Gasteiger partial charge in [-0.25, -0.2) is 12.8 Å². The Kier molecular flexibility index (Phi) is 4.36. The zero-order valence-corrected chi connectivity index (χ0v) is 14.5. The lowest BCUT2D eigenvalue weighted by atomic mass is 10.1. The van der Waals surface area contributed by atoms with E-state index < -0.39 is 21.4 Å². The Morgan fingerprint density at radius 1 is 1.48 bits per heavy atom. The molecule has 21 heavy (non-hydrogen) atoms. The van der Waals surface area contributed by atoms with E-state index in [1.165, 1.54) is 4.31 Å². The summed E-state index contributed by atoms with van der Waals surface area (Å²) in [5.41, 5.74) is 4.72. The van der Waals surface area contributed by atoms with Crippen LogP contribution in [-0.4, -0.2) is 37.5 Å². The van der Waals surface area contributed by atoms with Crippen molar-refractivity contribution >= 4 is 31.6 Å². The van der Waals surface area contributed by atoms with Gasteiger partial charge in [0.05, 0.1) is 22.3 Å². The van der Waals surface area contributed by atoms with Crippen LogP contribution in [0.2, 0.25) is 0 Å². The van der Waals surface area contributed by atoms with Gasteiger partial charge in [-0.3, -0.25) is 0 Å². The van der Waals surface area contributed by atoms with Crippen molar-refractivity contribution in [1.82, 2.24) is 4.31 Å². The fraction of sp³-hybridized carbons (Fsp3) is 0.538. The van der Waals surface area contributed by atoms with E-state index in [9.17, 15) is 12.8 Å². The molecule has 1 aromatic rings. The molecule has 5 nitrogen and oxygen atoms in total. The Morgan fingerprint density at radius 2 is 2.10 bits per heavy atom. The van der Waals surface area contributed by atoms with Gasteiger partial charge in [0.25, 0.3) is 0 Å². The van der Waals surface area contributed by atoms with Crippen molar-refractivity contribution in [3.05, 3.63) is 22.4 Å². The molecule has 8 heteroatoms. The predicted molar refractivity (Wildman–Crippen MR) is 81.9 cm³/mol. The highest BCUT2D eigenvalue weighted by molar-refractivity contribution is 9.10. The first kappa shape index (κ1) is 16.7. The Labute approximate surface area is 132 Å². The molecule has 0 aromatic heterocycles. The maximum atomic E-state index is 13.4. The lowest BCUT2D eigenvalue weighted by molar-refractivity contribution is -0.109. The van der Waals surface area contributed by atoms with Crippen molar-refractivity contribution < 1.29 is 17.5 Å². The standard InChI is InChI=1S/C13H18BrFN2O3S/c1-8-6-17(7-13(2,3)20-8)21(18,19)12-5-11(16)10(15)4-9(12)14/h4-5,8H,6-7,16H2,1-3H3. The number of anilines is 1. The molecule has 1 heterocycles. The molecule has 118 valence electrons. The predicted octanol–water partition coefficient (Wildman–Crippen LogP) is 2.36. The number of hydrogen-bond donors (Lipinski definition) is 1. The van der Waals surface area contributed by atoms with E-state index in [0.29, 0.717) is 0 Å². The summed E-state index contributed by atoms with van der Waals surface area (Å²) in [5, 5.41) is 0. The van der Waals surface area contributed by atoms with Gasteiger partial charge in [-0.05, 0) is 48.8 Å². The molecule has 2 rings (SSSR count). The van der Waals surface area contributed by atoms with Crippen molar-refractivity contribution in [3.63, 3.8) is 0 Å². The number of nitrogens with zero attached hydrogens (tertiary/aromatic N) is 1. The largest absolute Gasteiger partial charge is 0.396 e. The molecule has 1 aromatic carbocycles. The topological polar surface area (TPSA) is 72.6 Å². The van der Waals surface area contributed by atoms with E-state index in [4.69, 9.17) is 10.5 Å². The van der Waals surface area contributed by atoms with Crippen LogP contribution in [0, 0.1) is 5.82 Å². The Hall–Kier alpha value is -0.700. The van der Waals surface area contributed by atoms with Crippen LogP contribution in [0.15, 0.2) is 21.5 Å². The molecule has 0 amide bonds. The zero-order chi connectivity index (χ0) is 16.0. The van der Waals surface area contributed by atoms with Crippen LogP contribution < -0.4 is 5.73 Å². The van der Waals surface area contributed by atoms with Crippen molar-refractivity contribution in [2.24, 2.45) is 0 Å². The van der Waals surface area contributed by atoms with Gasteiger partial charge in [-0.1, -0.05) is 0 Å². The van der Waals surface area contributed by atoms with E-state index >= 15 is 0 Å². The van der Waals surface area contributed by atoms with Crippen molar-refractivity contribution in [2.75, 3.05) is 18.8 Å². The number of benzene rings is 1. The lowest BCUT2D eigenvalue weighted by Crippen LogP contribution is -2.53. The molecule has 1 atom stereocenters. The van der Waals surface area contributed by atoms with Crippen LogP contribution in [-0.2, 0) is 14.8 Å². The highest BCUT2D eigenvalue weighted by Gasteiger charge is 2.38. The van der Waals surface area contributed by atoms with Crippen molar-refractivity contribution in [1.29, 1.82) is 0 Å². The van der Waals surface area contributed by atoms with Gasteiger partial charge in [0, 0.05) is 17.6 Å². The summed E-state index contributed by atoms with van der Waals surface area (Å²) in [4.78, 5) is -0.0358. The Balaban J connectivity index is 2.45. The molecule has 1 fully saturated rings. The third-order valence-electron chi connectivity index (χ3n) is 3.21. The third-order valence-corrected chi connectivity index (χ3v) is 5.98. The molecule has 1 aliphatic rings. The van der Waals surface area contributed by atoms with Crippen LogP contribution >= 0.6 is 15.9 Å². The van der Waals surface area contributed by atoms with Crippen LogP contribution in [0.4, 0.5) is 10.1 Å². The van der Waals surface area contributed by atoms with Crippen molar-refractivity contribution in [3.8, 4) is 0 Å². The van der Waals surface area contributed by atoms with Gasteiger partial charge in [-0.15, -0.1) is 0 Å². The summed E-state index contributed by atoms with van der Waals surface area (Å²) in [6.45, 7) is 5.95. The first-order valence-electron chi connectivity index (χ1n) is 6.45. The fourth-order valence-corrected chi connectivity index (χ4v) is 5.14. The second kappa shape index (κ2) is 5.49. The van der Waals surface area contributed by atoms with Crippen molar-refractivity contribution in [2.45, 2.75) is 37.4 Å². The number of sulfonamides is 1. The third kappa shape index (κ3) is 3.39. The summed E-state index contributed by atoms with van der Waals surface area (Å²) < 4.78 is 46.1. The molecule has 0 aliphatic carbocycles. The van der Waals surface area contributed by atoms with E-state index in [1.54, 1.807) is 0 Å². The van der Waals surface area contributed by atoms with Gasteiger partial charge in [0.15, 0.2) is 0 Å². The van der Waals surface area contributed by atoms with E-state index in [1.807, 2.05) is 20.8 Å². The summed E-state index contributed by atoms with van der Waals surface area (Å²) >= 11 is 3.09. The maximum absolute atomic E-state index is 13.4. The van der Waals surface area contributed by atoms with E-state index in [2.05, 4.69) is 15.9 Å². The molecular formula is C13H18BrFN2O3S. The normalized spacial score (nSPS) is 23.2. The Morgan fingerprint density at radius 3 is 2.67 bits per heavy atom. The molecule has 0 spiro atoms. The molecule has 0 radical (unpaired) electrons. The molecule has 1 unspecified atom stereocenters. The van der Waals surface area contributed by atoms with Gasteiger partial charge in [0.1, 0.15) is 5.82 Å². The smallest absolute Gasteiger partial charge is 0.244 e. The summed E-state index contributed by atoms with van der Waals surface area (Å²) in [7, 11) is -3.78. The number of nitrogen functional groups attached to an aromatic ring is 1. The van der Waals surface area contributed by atoms with E-state index in [0.717, 1.165) is 12.1 Å². The van der Waals surface area contributed by atoms with Gasteiger partial charge in [0.2, 0.25) is 10.0 Å². The monoisotopic (exact) mass is 380 g/mol. The summed E-state index contributed by atoms with van der Waals surface area (Å²) in [6.07, 6.45) is -0.222. The second-order valence-corrected chi connectivity index (χ2v) is 8.55. The SMILES string of the molecule is CC1CN(S(=O)(=O)c2cc(N)c(F)cc2Br)CC(C)(C)O1. The number of halogens is 2. The highest BCUT2D eigenvalue weighted by atomic mass is 79.9. The van der Waals surface area contributed by atoms with Crippen LogP contribution in [0.3, 0.4) is 0 Å². The maximum Gasteiger partial charge on any atom is 0.244 e. The van der Waals surface area contributed by atoms with Gasteiger partial charge >= 0.3 is 0 Å². The molecular weight excluding hydrogens is 363 g/mol. The van der Waals surface area contributed by atoms with Gasteiger partial charge in [-0.2, -0.15) is 4.31 Å². The minimum absolute atomic E-state index is 0.0358. The number of ether oxygens (including phenoxy) is 1. The molecule has 0 saturated carbocycles. The van der Waals surface area contributed by atoms with Crippen LogP contribution in [0.1, 0.15) is 20.8 Å². The van der Waals surface area contributed by atoms with Crippen LogP contribution in [0.5, 0.6) is 0 Å². The molecule has 1 saturated heterocycles. The first-order chi connectivity index (χ1) is 9.53. The zero-order valence-electron chi connectivity index (χ0n) is 12.1. The van der Waals surface area contributed by atoms with Gasteiger partial charge < -0.3 is 10.5 Å². The average Bonchev–Trinajstić information content (AvgIpc) is 2.31. The number of rotatable bonds is 2. The van der Waals surface area contributed by atoms with Crippen LogP contribution in [0.25, 0.3) is 0 Å². The fourth-order valence-electron chi connectivity index (χ4n) is 2.46. The number of nitrogens with two attached hydrogens (primary N) is 1. The Bertz CT molecular complexity index is 664. The average molecular weight is 381 g/mol. The number of morpholine rings is 1. The first-order valence-corrected chi connectivity index (χ1v) is 8.69. The summed E-state index contributed by atoms with van der Waals surface area (Å²) in [6, 6.07) is 2.21. The quantitative estimate of drug-likeness (QED) is 0.799. The second-order valence-electron chi connectivity index (χ2n) is 5.79. The lowest BCUT2D eigenvalue weighted by Gasteiger charge is -2.41. The highest BCUT2D eigenvalue weighted by Crippen LogP contribution is 2.32. The minimum atomic E-state index is -3.78. The van der Waals surface area contributed by atoms with E-state index in [-0.39, 0.29) is 34.2 Å². The number of hydrogen-bond acceptors (Lipinski definition) is 4. The molecule has 1 aliphatic heterocycles. The molecule has 2 N–H and O–H groups in total. The molecule has 0 bridgehead atoms.